The summed E-state index contributed by atoms with van der Waals surface area (Å²) < 4.78 is 7.41. The maximum atomic E-state index is 12.1. The van der Waals surface area contributed by atoms with E-state index in [2.05, 4.69) is 47.4 Å². The summed E-state index contributed by atoms with van der Waals surface area (Å²) in [5.41, 5.74) is 4.39. The van der Waals surface area contributed by atoms with Gasteiger partial charge in [-0.05, 0) is 53.2 Å². The minimum atomic E-state index is -0.673. The SMILES string of the molecule is CC(Oc1ccccc1Br)C(=O)NN=Cc1c[nH]c2ccc(Br)cc12. The Bertz CT molecular complexity index is 937. The van der Waals surface area contributed by atoms with Gasteiger partial charge in [0.2, 0.25) is 0 Å². The van der Waals surface area contributed by atoms with E-state index in [0.29, 0.717) is 5.75 Å². The molecular formula is C18H15Br2N3O2. The third-order valence-electron chi connectivity index (χ3n) is 3.56. The number of hydrogen-bond acceptors (Lipinski definition) is 3. The van der Waals surface area contributed by atoms with Gasteiger partial charge in [0.15, 0.2) is 6.10 Å². The second-order valence-electron chi connectivity index (χ2n) is 5.36. The summed E-state index contributed by atoms with van der Waals surface area (Å²) in [5, 5.41) is 5.05. The molecule has 1 heterocycles. The van der Waals surface area contributed by atoms with E-state index in [1.54, 1.807) is 19.2 Å². The predicted octanol–water partition coefficient (Wildman–Crippen LogP) is 4.61. The molecule has 2 aromatic carbocycles. The van der Waals surface area contributed by atoms with Gasteiger partial charge in [-0.1, -0.05) is 28.1 Å². The first-order valence-corrected chi connectivity index (χ1v) is 9.14. The van der Waals surface area contributed by atoms with Crippen LogP contribution in [0.5, 0.6) is 5.75 Å². The Hall–Kier alpha value is -2.12. The molecule has 3 rings (SSSR count). The van der Waals surface area contributed by atoms with E-state index in [1.807, 2.05) is 42.6 Å². The van der Waals surface area contributed by atoms with Crippen LogP contribution >= 0.6 is 31.9 Å². The molecule has 2 N–H and O–H groups in total. The molecular weight excluding hydrogens is 450 g/mol. The molecule has 1 amide bonds. The average Bonchev–Trinajstić information content (AvgIpc) is 2.99. The molecule has 1 unspecified atom stereocenters. The first kappa shape index (κ1) is 17.7. The molecule has 1 atom stereocenters. The predicted molar refractivity (Wildman–Crippen MR) is 106 cm³/mol. The minimum absolute atomic E-state index is 0.326. The van der Waals surface area contributed by atoms with Gasteiger partial charge in [-0.25, -0.2) is 5.43 Å². The number of carbonyl (C=O) groups is 1. The molecule has 128 valence electrons. The zero-order valence-electron chi connectivity index (χ0n) is 13.3. The highest BCUT2D eigenvalue weighted by atomic mass is 79.9. The van der Waals surface area contributed by atoms with Gasteiger partial charge in [-0.2, -0.15) is 5.10 Å². The highest BCUT2D eigenvalue weighted by Crippen LogP contribution is 2.25. The van der Waals surface area contributed by atoms with Gasteiger partial charge in [0.25, 0.3) is 5.91 Å². The number of aromatic amines is 1. The summed E-state index contributed by atoms with van der Waals surface area (Å²) >= 11 is 6.84. The number of para-hydroxylation sites is 1. The first-order chi connectivity index (χ1) is 12.0. The lowest BCUT2D eigenvalue weighted by Gasteiger charge is -2.13. The van der Waals surface area contributed by atoms with Gasteiger partial charge in [-0.15, -0.1) is 0 Å². The molecule has 0 aliphatic carbocycles. The number of aromatic nitrogens is 1. The number of hydrazone groups is 1. The van der Waals surface area contributed by atoms with Crippen molar-refractivity contribution in [3.05, 3.63) is 63.2 Å². The highest BCUT2D eigenvalue weighted by Gasteiger charge is 2.15. The number of H-pyrrole nitrogens is 1. The van der Waals surface area contributed by atoms with Crippen LogP contribution in [0.15, 0.2) is 62.7 Å². The number of benzene rings is 2. The second-order valence-corrected chi connectivity index (χ2v) is 7.13. The maximum Gasteiger partial charge on any atom is 0.280 e. The van der Waals surface area contributed by atoms with Crippen molar-refractivity contribution in [1.82, 2.24) is 10.4 Å². The van der Waals surface area contributed by atoms with E-state index in [4.69, 9.17) is 4.74 Å². The third kappa shape index (κ3) is 4.29. The molecule has 0 saturated carbocycles. The van der Waals surface area contributed by atoms with Crippen LogP contribution in [-0.2, 0) is 4.79 Å². The van der Waals surface area contributed by atoms with Crippen molar-refractivity contribution in [3.8, 4) is 5.75 Å². The lowest BCUT2D eigenvalue weighted by molar-refractivity contribution is -0.127. The molecule has 0 radical (unpaired) electrons. The largest absolute Gasteiger partial charge is 0.480 e. The summed E-state index contributed by atoms with van der Waals surface area (Å²) in [4.78, 5) is 15.3. The Labute approximate surface area is 161 Å². The van der Waals surface area contributed by atoms with Crippen molar-refractivity contribution in [1.29, 1.82) is 0 Å². The molecule has 0 bridgehead atoms. The van der Waals surface area contributed by atoms with Crippen molar-refractivity contribution in [2.75, 3.05) is 0 Å². The molecule has 0 aliphatic rings. The molecule has 0 spiro atoms. The van der Waals surface area contributed by atoms with Crippen LogP contribution in [0.2, 0.25) is 0 Å². The van der Waals surface area contributed by atoms with Gasteiger partial charge in [0.05, 0.1) is 10.7 Å². The van der Waals surface area contributed by atoms with E-state index in [-0.39, 0.29) is 5.91 Å². The van der Waals surface area contributed by atoms with Gasteiger partial charge >= 0.3 is 0 Å². The Kier molecular flexibility index (Phi) is 5.55. The number of nitrogens with zero attached hydrogens (tertiary/aromatic N) is 1. The van der Waals surface area contributed by atoms with Crippen LogP contribution in [0, 0.1) is 0 Å². The average molecular weight is 465 g/mol. The Balaban J connectivity index is 1.64. The smallest absolute Gasteiger partial charge is 0.280 e. The van der Waals surface area contributed by atoms with E-state index < -0.39 is 6.10 Å². The quantitative estimate of drug-likeness (QED) is 0.427. The fourth-order valence-electron chi connectivity index (χ4n) is 2.26. The fraction of sp³-hybridized carbons (Fsp3) is 0.111. The molecule has 3 aromatic rings. The van der Waals surface area contributed by atoms with E-state index >= 15 is 0 Å². The second kappa shape index (κ2) is 7.84. The Morgan fingerprint density at radius 2 is 2.08 bits per heavy atom. The van der Waals surface area contributed by atoms with E-state index in [9.17, 15) is 4.79 Å². The number of hydrogen-bond donors (Lipinski definition) is 2. The number of ether oxygens (including phenoxy) is 1. The monoisotopic (exact) mass is 463 g/mol. The van der Waals surface area contributed by atoms with Crippen molar-refractivity contribution < 1.29 is 9.53 Å². The van der Waals surface area contributed by atoms with Crippen molar-refractivity contribution in [2.45, 2.75) is 13.0 Å². The Morgan fingerprint density at radius 1 is 1.28 bits per heavy atom. The van der Waals surface area contributed by atoms with Crippen molar-refractivity contribution in [2.24, 2.45) is 5.10 Å². The zero-order valence-corrected chi connectivity index (χ0v) is 16.5. The normalized spacial score (nSPS) is 12.4. The summed E-state index contributed by atoms with van der Waals surface area (Å²) in [6, 6.07) is 13.3. The Morgan fingerprint density at radius 3 is 2.88 bits per heavy atom. The fourth-order valence-corrected chi connectivity index (χ4v) is 3.00. The number of fused-ring (bicyclic) bond motifs is 1. The van der Waals surface area contributed by atoms with Gasteiger partial charge < -0.3 is 9.72 Å². The lowest BCUT2D eigenvalue weighted by atomic mass is 10.2. The van der Waals surface area contributed by atoms with Crippen LogP contribution in [0.3, 0.4) is 0 Å². The molecule has 25 heavy (non-hydrogen) atoms. The van der Waals surface area contributed by atoms with Crippen molar-refractivity contribution >= 4 is 54.9 Å². The molecule has 0 fully saturated rings. The van der Waals surface area contributed by atoms with Gasteiger partial charge in [0.1, 0.15) is 5.75 Å². The summed E-state index contributed by atoms with van der Waals surface area (Å²) in [5.74, 6) is 0.281. The number of rotatable bonds is 5. The molecule has 1 aromatic heterocycles. The topological polar surface area (TPSA) is 66.5 Å². The summed E-state index contributed by atoms with van der Waals surface area (Å²) in [6.07, 6.45) is 2.77. The first-order valence-electron chi connectivity index (χ1n) is 7.55. The van der Waals surface area contributed by atoms with Crippen LogP contribution in [0.1, 0.15) is 12.5 Å². The van der Waals surface area contributed by atoms with E-state index in [1.165, 1.54) is 0 Å². The van der Waals surface area contributed by atoms with Crippen LogP contribution in [0.4, 0.5) is 0 Å². The highest BCUT2D eigenvalue weighted by molar-refractivity contribution is 9.10. The van der Waals surface area contributed by atoms with E-state index in [0.717, 1.165) is 25.4 Å². The third-order valence-corrected chi connectivity index (χ3v) is 4.71. The zero-order chi connectivity index (χ0) is 17.8. The number of amides is 1. The van der Waals surface area contributed by atoms with Gasteiger partial charge in [-0.3, -0.25) is 4.79 Å². The number of carbonyl (C=O) groups excluding carboxylic acids is 1. The molecule has 5 nitrogen and oxygen atoms in total. The summed E-state index contributed by atoms with van der Waals surface area (Å²) in [6.45, 7) is 1.67. The molecule has 0 aliphatic heterocycles. The minimum Gasteiger partial charge on any atom is -0.480 e. The van der Waals surface area contributed by atoms with Gasteiger partial charge in [0, 0.05) is 27.1 Å². The number of halogens is 2. The lowest BCUT2D eigenvalue weighted by Crippen LogP contribution is -2.33. The van der Waals surface area contributed by atoms with Crippen molar-refractivity contribution in [3.63, 3.8) is 0 Å². The standard InChI is InChI=1S/C18H15Br2N3O2/c1-11(25-17-5-3-2-4-15(17)20)18(24)23-22-10-12-9-21-16-7-6-13(19)8-14(12)16/h2-11,21H,1H3,(H,23,24). The molecule has 7 heteroatoms. The van der Waals surface area contributed by atoms with Crippen LogP contribution in [-0.4, -0.2) is 23.2 Å². The maximum absolute atomic E-state index is 12.1. The molecule has 0 saturated heterocycles. The number of nitrogens with one attached hydrogen (secondary N) is 2. The van der Waals surface area contributed by atoms with Crippen LogP contribution in [0.25, 0.3) is 10.9 Å². The van der Waals surface area contributed by atoms with Crippen LogP contribution < -0.4 is 10.2 Å². The summed E-state index contributed by atoms with van der Waals surface area (Å²) in [7, 11) is 0.